The first-order valence-corrected chi connectivity index (χ1v) is 6.72. The lowest BCUT2D eigenvalue weighted by molar-refractivity contribution is 0.0942. The second-order valence-corrected chi connectivity index (χ2v) is 5.54. The lowest BCUT2D eigenvalue weighted by atomic mass is 9.74. The Morgan fingerprint density at radius 1 is 1.39 bits per heavy atom. The Balaban J connectivity index is 2.05. The van der Waals surface area contributed by atoms with Crippen LogP contribution in [-0.4, -0.2) is 28.0 Å². The van der Waals surface area contributed by atoms with Gasteiger partial charge in [-0.25, -0.2) is 0 Å². The van der Waals surface area contributed by atoms with Crippen LogP contribution in [0.15, 0.2) is 0 Å². The molecule has 2 rings (SSSR count). The van der Waals surface area contributed by atoms with E-state index in [1.165, 1.54) is 19.3 Å². The summed E-state index contributed by atoms with van der Waals surface area (Å²) in [5.41, 5.74) is 7.57. The maximum atomic E-state index is 9.67. The molecule has 0 saturated heterocycles. The van der Waals surface area contributed by atoms with E-state index in [0.29, 0.717) is 5.69 Å². The molecule has 0 atom stereocenters. The summed E-state index contributed by atoms with van der Waals surface area (Å²) >= 11 is 0. The van der Waals surface area contributed by atoms with E-state index in [1.807, 2.05) is 14.0 Å². The van der Waals surface area contributed by atoms with Crippen LogP contribution in [0.4, 0.5) is 11.5 Å². The molecule has 1 aliphatic rings. The van der Waals surface area contributed by atoms with Crippen molar-refractivity contribution in [3.8, 4) is 0 Å². The van der Waals surface area contributed by atoms with Gasteiger partial charge in [0.1, 0.15) is 5.82 Å². The number of aliphatic hydroxyl groups is 1. The topological polar surface area (TPSA) is 76.1 Å². The summed E-state index contributed by atoms with van der Waals surface area (Å²) in [4.78, 5) is 0. The lowest BCUT2D eigenvalue weighted by Gasteiger charge is -2.36. The van der Waals surface area contributed by atoms with Gasteiger partial charge >= 0.3 is 0 Å². The molecule has 1 aromatic heterocycles. The Kier molecular flexibility index (Phi) is 3.80. The quantitative estimate of drug-likeness (QED) is 0.762. The zero-order chi connectivity index (χ0) is 13.2. The monoisotopic (exact) mass is 252 g/mol. The zero-order valence-electron chi connectivity index (χ0n) is 11.4. The number of aliphatic hydroxyl groups excluding tert-OH is 1. The molecule has 1 fully saturated rings. The Morgan fingerprint density at radius 3 is 2.56 bits per heavy atom. The molecule has 18 heavy (non-hydrogen) atoms. The van der Waals surface area contributed by atoms with Gasteiger partial charge in [-0.15, -0.1) is 0 Å². The van der Waals surface area contributed by atoms with Gasteiger partial charge < -0.3 is 16.2 Å². The molecule has 5 heteroatoms. The number of nitrogens with two attached hydrogens (primary N) is 1. The average Bonchev–Trinajstić information content (AvgIpc) is 2.62. The van der Waals surface area contributed by atoms with E-state index in [4.69, 9.17) is 5.73 Å². The van der Waals surface area contributed by atoms with Crippen LogP contribution in [0.25, 0.3) is 0 Å². The first kappa shape index (κ1) is 13.2. The minimum absolute atomic E-state index is 0.0167. The summed E-state index contributed by atoms with van der Waals surface area (Å²) in [7, 11) is 1.89. The van der Waals surface area contributed by atoms with Gasteiger partial charge in [0.25, 0.3) is 0 Å². The van der Waals surface area contributed by atoms with Crippen molar-refractivity contribution in [1.29, 1.82) is 0 Å². The third kappa shape index (κ3) is 2.46. The minimum atomic E-state index is 0.0167. The van der Waals surface area contributed by atoms with Gasteiger partial charge in [0, 0.05) is 19.0 Å². The normalized spacial score (nSPS) is 18.8. The summed E-state index contributed by atoms with van der Waals surface area (Å²) in [5.74, 6) is 0.867. The van der Waals surface area contributed by atoms with Crippen molar-refractivity contribution in [2.24, 2.45) is 12.5 Å². The maximum Gasteiger partial charge on any atom is 0.147 e. The molecule has 1 heterocycles. The van der Waals surface area contributed by atoms with E-state index in [9.17, 15) is 5.11 Å². The van der Waals surface area contributed by atoms with Crippen molar-refractivity contribution in [1.82, 2.24) is 9.78 Å². The van der Waals surface area contributed by atoms with Gasteiger partial charge in [-0.1, -0.05) is 19.3 Å². The largest absolute Gasteiger partial charge is 0.396 e. The molecular formula is C13H24N4O. The average molecular weight is 252 g/mol. The molecule has 0 spiro atoms. The molecule has 0 aromatic carbocycles. The van der Waals surface area contributed by atoms with E-state index >= 15 is 0 Å². The number of aryl methyl sites for hydroxylation is 2. The number of hydrogen-bond acceptors (Lipinski definition) is 4. The highest BCUT2D eigenvalue weighted by Crippen LogP contribution is 2.36. The van der Waals surface area contributed by atoms with Crippen molar-refractivity contribution in [2.75, 3.05) is 24.2 Å². The lowest BCUT2D eigenvalue weighted by Crippen LogP contribution is -2.36. The Labute approximate surface area is 108 Å². The maximum absolute atomic E-state index is 9.67. The smallest absolute Gasteiger partial charge is 0.147 e. The number of aromatic nitrogens is 2. The highest BCUT2D eigenvalue weighted by molar-refractivity contribution is 5.64. The first-order chi connectivity index (χ1) is 8.58. The number of nitrogen functional groups attached to an aromatic ring is 1. The molecule has 5 nitrogen and oxygen atoms in total. The van der Waals surface area contributed by atoms with Crippen LogP contribution >= 0.6 is 0 Å². The molecule has 1 aromatic rings. The number of nitrogens with zero attached hydrogens (tertiary/aromatic N) is 2. The predicted octanol–water partition coefficient (Wildman–Crippen LogP) is 1.67. The molecule has 0 unspecified atom stereocenters. The highest BCUT2D eigenvalue weighted by atomic mass is 16.3. The number of anilines is 2. The van der Waals surface area contributed by atoms with E-state index in [2.05, 4.69) is 10.4 Å². The standard InChI is InChI=1S/C13H24N4O/c1-10-11(14)12(17(2)16-10)15-8-13(9-18)6-4-3-5-7-13/h15,18H,3-9,14H2,1-2H3. The second kappa shape index (κ2) is 5.18. The summed E-state index contributed by atoms with van der Waals surface area (Å²) in [6.45, 7) is 2.92. The van der Waals surface area contributed by atoms with Crippen molar-refractivity contribution in [3.05, 3.63) is 5.69 Å². The van der Waals surface area contributed by atoms with Gasteiger partial charge in [0.15, 0.2) is 0 Å². The van der Waals surface area contributed by atoms with Crippen molar-refractivity contribution in [2.45, 2.75) is 39.0 Å². The van der Waals surface area contributed by atoms with Crippen LogP contribution < -0.4 is 11.1 Å². The van der Waals surface area contributed by atoms with Crippen LogP contribution in [-0.2, 0) is 7.05 Å². The second-order valence-electron chi connectivity index (χ2n) is 5.54. The summed E-state index contributed by atoms with van der Waals surface area (Å²) in [6.07, 6.45) is 5.89. The first-order valence-electron chi connectivity index (χ1n) is 6.72. The van der Waals surface area contributed by atoms with Crippen molar-refractivity contribution >= 4 is 11.5 Å². The molecule has 1 saturated carbocycles. The molecule has 102 valence electrons. The van der Waals surface area contributed by atoms with Crippen LogP contribution in [0, 0.1) is 12.3 Å². The van der Waals surface area contributed by atoms with Gasteiger partial charge in [0.05, 0.1) is 18.0 Å². The summed E-state index contributed by atoms with van der Waals surface area (Å²) in [5, 5.41) is 17.3. The number of hydrogen-bond donors (Lipinski definition) is 3. The SMILES string of the molecule is Cc1nn(C)c(NCC2(CO)CCCCC2)c1N. The van der Waals surface area contributed by atoms with Crippen LogP contribution in [0.2, 0.25) is 0 Å². The van der Waals surface area contributed by atoms with Gasteiger partial charge in [0.2, 0.25) is 0 Å². The van der Waals surface area contributed by atoms with E-state index in [-0.39, 0.29) is 12.0 Å². The van der Waals surface area contributed by atoms with Gasteiger partial charge in [-0.05, 0) is 19.8 Å². The van der Waals surface area contributed by atoms with Crippen molar-refractivity contribution < 1.29 is 5.11 Å². The number of nitrogens with one attached hydrogen (secondary N) is 1. The predicted molar refractivity (Wildman–Crippen MR) is 73.5 cm³/mol. The Hall–Kier alpha value is -1.23. The molecule has 0 amide bonds. The van der Waals surface area contributed by atoms with Crippen LogP contribution in [0.3, 0.4) is 0 Å². The summed E-state index contributed by atoms with van der Waals surface area (Å²) < 4.78 is 1.78. The molecule has 0 radical (unpaired) electrons. The molecule has 0 aliphatic heterocycles. The molecule has 4 N–H and O–H groups in total. The molecule has 1 aliphatic carbocycles. The minimum Gasteiger partial charge on any atom is -0.396 e. The van der Waals surface area contributed by atoms with E-state index < -0.39 is 0 Å². The van der Waals surface area contributed by atoms with E-state index in [1.54, 1.807) is 4.68 Å². The molecule has 0 bridgehead atoms. The zero-order valence-corrected chi connectivity index (χ0v) is 11.4. The van der Waals surface area contributed by atoms with E-state index in [0.717, 1.165) is 30.9 Å². The third-order valence-electron chi connectivity index (χ3n) is 4.15. The fourth-order valence-electron chi connectivity index (χ4n) is 2.85. The van der Waals surface area contributed by atoms with Crippen LogP contribution in [0.1, 0.15) is 37.8 Å². The van der Waals surface area contributed by atoms with Gasteiger partial charge in [-0.2, -0.15) is 5.10 Å². The fourth-order valence-corrected chi connectivity index (χ4v) is 2.85. The third-order valence-corrected chi connectivity index (χ3v) is 4.15. The molecular weight excluding hydrogens is 228 g/mol. The Morgan fingerprint density at radius 2 is 2.06 bits per heavy atom. The van der Waals surface area contributed by atoms with Crippen molar-refractivity contribution in [3.63, 3.8) is 0 Å². The van der Waals surface area contributed by atoms with Gasteiger partial charge in [-0.3, -0.25) is 4.68 Å². The fraction of sp³-hybridized carbons (Fsp3) is 0.769. The highest BCUT2D eigenvalue weighted by Gasteiger charge is 2.31. The Bertz CT molecular complexity index is 407. The van der Waals surface area contributed by atoms with Crippen LogP contribution in [0.5, 0.6) is 0 Å². The number of rotatable bonds is 4. The summed E-state index contributed by atoms with van der Waals surface area (Å²) in [6, 6.07) is 0.